The number of hydrogen-bond acceptors (Lipinski definition) is 4. The lowest BCUT2D eigenvalue weighted by molar-refractivity contribution is 0.104. The number of benzene rings is 1. The number of fused-ring (bicyclic) bond motifs is 1. The second-order valence-electron chi connectivity index (χ2n) is 4.73. The molecule has 0 N–H and O–H groups in total. The maximum Gasteiger partial charge on any atom is 0.186 e. The van der Waals surface area contributed by atoms with Gasteiger partial charge in [-0.2, -0.15) is 0 Å². The lowest BCUT2D eigenvalue weighted by atomic mass is 10.1. The number of nitrogens with zero attached hydrogens (tertiary/aromatic N) is 2. The highest BCUT2D eigenvalue weighted by Crippen LogP contribution is 2.19. The molecule has 0 saturated heterocycles. The Hall–Kier alpha value is -3.01. The Morgan fingerprint density at radius 1 is 1.09 bits per heavy atom. The van der Waals surface area contributed by atoms with Gasteiger partial charge in [0.25, 0.3) is 0 Å². The van der Waals surface area contributed by atoms with Crippen molar-refractivity contribution in [1.82, 2.24) is 9.97 Å². The molecule has 3 aromatic rings. The van der Waals surface area contributed by atoms with Gasteiger partial charge in [-0.1, -0.05) is 6.07 Å². The van der Waals surface area contributed by atoms with E-state index in [0.29, 0.717) is 5.56 Å². The number of carbonyl (C=O) groups excluding carboxylic acids is 1. The summed E-state index contributed by atoms with van der Waals surface area (Å²) in [6.45, 7) is 0. The molecule has 0 amide bonds. The predicted octanol–water partition coefficient (Wildman–Crippen LogP) is 3.53. The second-order valence-corrected chi connectivity index (χ2v) is 4.73. The largest absolute Gasteiger partial charge is 0.497 e. The van der Waals surface area contributed by atoms with Gasteiger partial charge in [0.05, 0.1) is 18.3 Å². The first-order valence-corrected chi connectivity index (χ1v) is 6.83. The molecule has 4 nitrogen and oxygen atoms in total. The molecular weight excluding hydrogens is 276 g/mol. The van der Waals surface area contributed by atoms with Crippen LogP contribution in [0.3, 0.4) is 0 Å². The van der Waals surface area contributed by atoms with Crippen molar-refractivity contribution in [2.45, 2.75) is 0 Å². The molecule has 0 fully saturated rings. The van der Waals surface area contributed by atoms with E-state index in [1.807, 2.05) is 30.3 Å². The van der Waals surface area contributed by atoms with E-state index in [9.17, 15) is 4.79 Å². The van der Waals surface area contributed by atoms with E-state index in [0.717, 1.165) is 22.3 Å². The van der Waals surface area contributed by atoms with E-state index in [1.165, 1.54) is 6.08 Å². The summed E-state index contributed by atoms with van der Waals surface area (Å²) in [5.74, 6) is 0.726. The molecule has 22 heavy (non-hydrogen) atoms. The van der Waals surface area contributed by atoms with Crippen molar-refractivity contribution in [3.8, 4) is 5.75 Å². The number of pyridine rings is 2. The molecular formula is C18H14N2O2. The van der Waals surface area contributed by atoms with Crippen LogP contribution in [-0.2, 0) is 0 Å². The third kappa shape index (κ3) is 3.01. The maximum absolute atomic E-state index is 12.0. The number of hydrogen-bond donors (Lipinski definition) is 0. The van der Waals surface area contributed by atoms with Gasteiger partial charge >= 0.3 is 0 Å². The summed E-state index contributed by atoms with van der Waals surface area (Å²) < 4.78 is 5.19. The Labute approximate surface area is 128 Å². The summed E-state index contributed by atoms with van der Waals surface area (Å²) in [4.78, 5) is 20.4. The van der Waals surface area contributed by atoms with Crippen molar-refractivity contribution >= 4 is 22.8 Å². The number of carbonyl (C=O) groups is 1. The van der Waals surface area contributed by atoms with Crippen LogP contribution >= 0.6 is 0 Å². The van der Waals surface area contributed by atoms with Crippen molar-refractivity contribution in [2.24, 2.45) is 0 Å². The first-order chi connectivity index (χ1) is 10.8. The lowest BCUT2D eigenvalue weighted by Gasteiger charge is -2.02. The van der Waals surface area contributed by atoms with E-state index >= 15 is 0 Å². The summed E-state index contributed by atoms with van der Waals surface area (Å²) in [7, 11) is 1.64. The summed E-state index contributed by atoms with van der Waals surface area (Å²) in [5, 5.41) is 0.997. The summed E-state index contributed by atoms with van der Waals surface area (Å²) in [6.07, 6.45) is 6.44. The Morgan fingerprint density at radius 2 is 1.91 bits per heavy atom. The minimum Gasteiger partial charge on any atom is -0.497 e. The van der Waals surface area contributed by atoms with E-state index in [1.54, 1.807) is 37.7 Å². The van der Waals surface area contributed by atoms with Crippen LogP contribution < -0.4 is 4.74 Å². The Morgan fingerprint density at radius 3 is 2.68 bits per heavy atom. The molecule has 2 heterocycles. The molecule has 0 saturated carbocycles. The van der Waals surface area contributed by atoms with Gasteiger partial charge in [0, 0.05) is 23.3 Å². The van der Waals surface area contributed by atoms with Crippen LogP contribution in [0.15, 0.2) is 60.9 Å². The Balaban J connectivity index is 1.85. The molecule has 0 aliphatic rings. The van der Waals surface area contributed by atoms with E-state index < -0.39 is 0 Å². The number of ether oxygens (including phenoxy) is 1. The standard InChI is InChI=1S/C18H14N2O2/c1-22-16-5-6-17-14(12-16)2-3-15(20-17)4-7-18(21)13-8-10-19-11-9-13/h2-12H,1H3. The molecule has 4 heteroatoms. The van der Waals surface area contributed by atoms with Crippen LogP contribution in [-0.4, -0.2) is 22.9 Å². The van der Waals surface area contributed by atoms with Crippen LogP contribution in [0.2, 0.25) is 0 Å². The highest BCUT2D eigenvalue weighted by Gasteiger charge is 2.02. The van der Waals surface area contributed by atoms with Gasteiger partial charge in [0.15, 0.2) is 5.78 Å². The Bertz CT molecular complexity index is 842. The summed E-state index contributed by atoms with van der Waals surface area (Å²) in [6, 6.07) is 12.9. The van der Waals surface area contributed by atoms with Crippen LogP contribution in [0.5, 0.6) is 5.75 Å². The molecule has 0 aliphatic heterocycles. The van der Waals surface area contributed by atoms with Gasteiger partial charge in [0.2, 0.25) is 0 Å². The van der Waals surface area contributed by atoms with Crippen molar-refractivity contribution < 1.29 is 9.53 Å². The van der Waals surface area contributed by atoms with E-state index in [-0.39, 0.29) is 5.78 Å². The van der Waals surface area contributed by atoms with Gasteiger partial charge in [-0.15, -0.1) is 0 Å². The molecule has 0 aliphatic carbocycles. The van der Waals surface area contributed by atoms with Gasteiger partial charge in [-0.25, -0.2) is 4.98 Å². The zero-order valence-electron chi connectivity index (χ0n) is 12.1. The Kier molecular flexibility index (Phi) is 3.92. The third-order valence-electron chi connectivity index (χ3n) is 3.29. The summed E-state index contributed by atoms with van der Waals surface area (Å²) >= 11 is 0. The number of rotatable bonds is 4. The zero-order chi connectivity index (χ0) is 15.4. The fourth-order valence-corrected chi connectivity index (χ4v) is 2.11. The van der Waals surface area contributed by atoms with Crippen molar-refractivity contribution in [3.63, 3.8) is 0 Å². The maximum atomic E-state index is 12.0. The van der Waals surface area contributed by atoms with Crippen LogP contribution in [0, 0.1) is 0 Å². The SMILES string of the molecule is COc1ccc2nc(C=CC(=O)c3ccncc3)ccc2c1. The molecule has 2 aromatic heterocycles. The van der Waals surface area contributed by atoms with Crippen LogP contribution in [0.25, 0.3) is 17.0 Å². The number of aromatic nitrogens is 2. The van der Waals surface area contributed by atoms with Crippen molar-refractivity contribution in [1.29, 1.82) is 0 Å². The molecule has 0 atom stereocenters. The number of ketones is 1. The second kappa shape index (κ2) is 6.18. The molecule has 0 unspecified atom stereocenters. The highest BCUT2D eigenvalue weighted by atomic mass is 16.5. The molecule has 0 radical (unpaired) electrons. The molecule has 108 valence electrons. The van der Waals surface area contributed by atoms with Crippen LogP contribution in [0.1, 0.15) is 16.1 Å². The monoisotopic (exact) mass is 290 g/mol. The average molecular weight is 290 g/mol. The lowest BCUT2D eigenvalue weighted by Crippen LogP contribution is -1.94. The summed E-state index contributed by atoms with van der Waals surface area (Å²) in [5.41, 5.74) is 2.20. The molecule has 1 aromatic carbocycles. The normalized spacial score (nSPS) is 11.0. The third-order valence-corrected chi connectivity index (χ3v) is 3.29. The number of methoxy groups -OCH3 is 1. The van der Waals surface area contributed by atoms with E-state index in [4.69, 9.17) is 4.74 Å². The van der Waals surface area contributed by atoms with Crippen molar-refractivity contribution in [2.75, 3.05) is 7.11 Å². The topological polar surface area (TPSA) is 52.1 Å². The molecule has 3 rings (SSSR count). The smallest absolute Gasteiger partial charge is 0.186 e. The van der Waals surface area contributed by atoms with Gasteiger partial charge in [-0.3, -0.25) is 9.78 Å². The fraction of sp³-hybridized carbons (Fsp3) is 0.0556. The highest BCUT2D eigenvalue weighted by molar-refractivity contribution is 6.06. The van der Waals surface area contributed by atoms with E-state index in [2.05, 4.69) is 9.97 Å². The van der Waals surface area contributed by atoms with Gasteiger partial charge in [0.1, 0.15) is 5.75 Å². The average Bonchev–Trinajstić information content (AvgIpc) is 2.59. The zero-order valence-corrected chi connectivity index (χ0v) is 12.1. The minimum absolute atomic E-state index is 0.0703. The minimum atomic E-state index is -0.0703. The van der Waals surface area contributed by atoms with Crippen LogP contribution in [0.4, 0.5) is 0 Å². The van der Waals surface area contributed by atoms with Gasteiger partial charge in [-0.05, 0) is 48.6 Å². The first-order valence-electron chi connectivity index (χ1n) is 6.83. The first kappa shape index (κ1) is 13.9. The molecule has 0 bridgehead atoms. The molecule has 0 spiro atoms. The van der Waals surface area contributed by atoms with Crippen molar-refractivity contribution in [3.05, 3.63) is 72.2 Å². The van der Waals surface area contributed by atoms with Gasteiger partial charge < -0.3 is 4.74 Å². The quantitative estimate of drug-likeness (QED) is 0.545. The number of allylic oxidation sites excluding steroid dienone is 1. The predicted molar refractivity (Wildman–Crippen MR) is 85.9 cm³/mol. The fourth-order valence-electron chi connectivity index (χ4n) is 2.11.